The zero-order valence-electron chi connectivity index (χ0n) is 11.1. The Kier molecular flexibility index (Phi) is 4.49. The molecule has 1 atom stereocenters. The first-order chi connectivity index (χ1) is 8.56. The van der Waals surface area contributed by atoms with Gasteiger partial charge in [-0.25, -0.2) is 0 Å². The smallest absolute Gasteiger partial charge is 0.138 e. The number of likely N-dealkylation sites (tertiary alicyclic amines) is 1. The number of aromatic hydroxyl groups is 1. The Balaban J connectivity index is 1.90. The predicted molar refractivity (Wildman–Crippen MR) is 75.1 cm³/mol. The van der Waals surface area contributed by atoms with Gasteiger partial charge in [0.2, 0.25) is 0 Å². The summed E-state index contributed by atoms with van der Waals surface area (Å²) < 4.78 is 0. The lowest BCUT2D eigenvalue weighted by Gasteiger charge is -2.21. The second kappa shape index (κ2) is 5.91. The number of hydrogen-bond donors (Lipinski definition) is 1. The molecule has 0 bridgehead atoms. The van der Waals surface area contributed by atoms with Crippen molar-refractivity contribution in [2.45, 2.75) is 13.0 Å². The van der Waals surface area contributed by atoms with Gasteiger partial charge in [0, 0.05) is 25.2 Å². The molecule has 4 heteroatoms. The molecular formula is C14H21ClN2O. The first-order valence-corrected chi connectivity index (χ1v) is 6.77. The Morgan fingerprint density at radius 2 is 2.28 bits per heavy atom. The Hall–Kier alpha value is -0.770. The molecule has 2 rings (SSSR count). The maximum atomic E-state index is 9.88. The molecule has 0 aliphatic carbocycles. The van der Waals surface area contributed by atoms with Crippen LogP contribution in [0, 0.1) is 5.92 Å². The van der Waals surface area contributed by atoms with E-state index in [-0.39, 0.29) is 5.75 Å². The molecule has 1 unspecified atom stereocenters. The molecule has 1 aromatic carbocycles. The summed E-state index contributed by atoms with van der Waals surface area (Å²) in [7, 11) is 4.27. The van der Waals surface area contributed by atoms with Crippen LogP contribution in [0.5, 0.6) is 5.75 Å². The monoisotopic (exact) mass is 268 g/mol. The van der Waals surface area contributed by atoms with Gasteiger partial charge in [-0.15, -0.1) is 0 Å². The third-order valence-corrected chi connectivity index (χ3v) is 3.87. The van der Waals surface area contributed by atoms with Crippen LogP contribution in [0.3, 0.4) is 0 Å². The number of nitrogens with zero attached hydrogens (tertiary/aromatic N) is 2. The van der Waals surface area contributed by atoms with E-state index in [1.807, 2.05) is 12.1 Å². The molecule has 1 aliphatic rings. The van der Waals surface area contributed by atoms with Crippen molar-refractivity contribution in [3.63, 3.8) is 0 Å². The van der Waals surface area contributed by atoms with Crippen molar-refractivity contribution in [2.24, 2.45) is 5.92 Å². The fraction of sp³-hybridized carbons (Fsp3) is 0.571. The first kappa shape index (κ1) is 13.7. The molecule has 0 aromatic heterocycles. The third-order valence-electron chi connectivity index (χ3n) is 3.57. The van der Waals surface area contributed by atoms with Gasteiger partial charge in [0.05, 0.1) is 5.02 Å². The van der Waals surface area contributed by atoms with Gasteiger partial charge in [-0.05, 0) is 39.0 Å². The molecular weight excluding hydrogens is 248 g/mol. The molecule has 1 aromatic rings. The molecule has 1 aliphatic heterocycles. The quantitative estimate of drug-likeness (QED) is 0.909. The van der Waals surface area contributed by atoms with Crippen molar-refractivity contribution in [2.75, 3.05) is 33.7 Å². The van der Waals surface area contributed by atoms with E-state index in [0.29, 0.717) is 5.02 Å². The van der Waals surface area contributed by atoms with Crippen molar-refractivity contribution in [1.82, 2.24) is 9.80 Å². The van der Waals surface area contributed by atoms with Crippen LogP contribution in [0.2, 0.25) is 5.02 Å². The van der Waals surface area contributed by atoms with Gasteiger partial charge in [-0.2, -0.15) is 0 Å². The fourth-order valence-corrected chi connectivity index (χ4v) is 2.85. The van der Waals surface area contributed by atoms with Crippen LogP contribution >= 0.6 is 11.6 Å². The van der Waals surface area contributed by atoms with Gasteiger partial charge in [0.1, 0.15) is 5.75 Å². The van der Waals surface area contributed by atoms with E-state index in [0.717, 1.165) is 24.6 Å². The van der Waals surface area contributed by atoms with Crippen LogP contribution in [0.1, 0.15) is 12.0 Å². The summed E-state index contributed by atoms with van der Waals surface area (Å²) in [6, 6.07) is 5.53. The Morgan fingerprint density at radius 1 is 1.50 bits per heavy atom. The minimum Gasteiger partial charge on any atom is -0.506 e. The molecule has 0 amide bonds. The number of benzene rings is 1. The maximum absolute atomic E-state index is 9.88. The summed E-state index contributed by atoms with van der Waals surface area (Å²) >= 11 is 5.91. The summed E-state index contributed by atoms with van der Waals surface area (Å²) in [6.07, 6.45) is 1.27. The van der Waals surface area contributed by atoms with Crippen LogP contribution in [0.4, 0.5) is 0 Å². The van der Waals surface area contributed by atoms with E-state index in [4.69, 9.17) is 11.6 Å². The van der Waals surface area contributed by atoms with Gasteiger partial charge in [-0.3, -0.25) is 0 Å². The van der Waals surface area contributed by atoms with E-state index >= 15 is 0 Å². The SMILES string of the molecule is CN1CCC(CN(C)Cc2cccc(Cl)c2O)C1. The van der Waals surface area contributed by atoms with Gasteiger partial charge in [0.25, 0.3) is 0 Å². The van der Waals surface area contributed by atoms with Crippen molar-refractivity contribution in [3.8, 4) is 5.75 Å². The Bertz CT molecular complexity index is 411. The summed E-state index contributed by atoms with van der Waals surface area (Å²) in [6.45, 7) is 4.18. The molecule has 18 heavy (non-hydrogen) atoms. The number of para-hydroxylation sites is 1. The summed E-state index contributed by atoms with van der Waals surface area (Å²) in [5, 5.41) is 10.3. The van der Waals surface area contributed by atoms with E-state index in [1.54, 1.807) is 6.07 Å². The number of hydrogen-bond acceptors (Lipinski definition) is 3. The second-order valence-corrected chi connectivity index (χ2v) is 5.77. The highest BCUT2D eigenvalue weighted by Gasteiger charge is 2.21. The standard InChI is InChI=1S/C14H21ClN2O/c1-16-7-6-11(8-16)9-17(2)10-12-4-3-5-13(15)14(12)18/h3-5,11,18H,6-10H2,1-2H3. The van der Waals surface area contributed by atoms with E-state index in [2.05, 4.69) is 23.9 Å². The Morgan fingerprint density at radius 3 is 2.94 bits per heavy atom. The lowest BCUT2D eigenvalue weighted by atomic mass is 10.1. The molecule has 3 nitrogen and oxygen atoms in total. The normalized spacial score (nSPS) is 20.8. The third kappa shape index (κ3) is 3.37. The highest BCUT2D eigenvalue weighted by Crippen LogP contribution is 2.28. The van der Waals surface area contributed by atoms with Crippen LogP contribution in [0.15, 0.2) is 18.2 Å². The summed E-state index contributed by atoms with van der Waals surface area (Å²) in [4.78, 5) is 4.63. The molecule has 1 saturated heterocycles. The molecule has 0 saturated carbocycles. The van der Waals surface area contributed by atoms with Gasteiger partial charge in [-0.1, -0.05) is 23.7 Å². The van der Waals surface area contributed by atoms with Crippen LogP contribution < -0.4 is 0 Å². The number of rotatable bonds is 4. The van der Waals surface area contributed by atoms with Gasteiger partial charge >= 0.3 is 0 Å². The zero-order valence-corrected chi connectivity index (χ0v) is 11.8. The topological polar surface area (TPSA) is 26.7 Å². The van der Waals surface area contributed by atoms with Gasteiger partial charge < -0.3 is 14.9 Å². The molecule has 100 valence electrons. The van der Waals surface area contributed by atoms with Crippen molar-refractivity contribution in [1.29, 1.82) is 0 Å². The number of phenolic OH excluding ortho intramolecular Hbond substituents is 1. The highest BCUT2D eigenvalue weighted by molar-refractivity contribution is 6.32. The van der Waals surface area contributed by atoms with Crippen LogP contribution in [-0.4, -0.2) is 48.6 Å². The van der Waals surface area contributed by atoms with Crippen molar-refractivity contribution >= 4 is 11.6 Å². The van der Waals surface area contributed by atoms with Crippen LogP contribution in [-0.2, 0) is 6.54 Å². The van der Waals surface area contributed by atoms with E-state index in [9.17, 15) is 5.11 Å². The number of halogens is 1. The molecule has 1 N–H and O–H groups in total. The van der Waals surface area contributed by atoms with Crippen molar-refractivity contribution in [3.05, 3.63) is 28.8 Å². The lowest BCUT2D eigenvalue weighted by molar-refractivity contribution is 0.264. The highest BCUT2D eigenvalue weighted by atomic mass is 35.5. The molecule has 1 fully saturated rings. The number of phenols is 1. The predicted octanol–water partition coefficient (Wildman–Crippen LogP) is 2.43. The van der Waals surface area contributed by atoms with Crippen molar-refractivity contribution < 1.29 is 5.11 Å². The maximum Gasteiger partial charge on any atom is 0.138 e. The average Bonchev–Trinajstić information content (AvgIpc) is 2.70. The van der Waals surface area contributed by atoms with Crippen LogP contribution in [0.25, 0.3) is 0 Å². The molecule has 0 spiro atoms. The lowest BCUT2D eigenvalue weighted by Crippen LogP contribution is -2.27. The average molecular weight is 269 g/mol. The Labute approximate surface area is 114 Å². The minimum absolute atomic E-state index is 0.217. The fourth-order valence-electron chi connectivity index (χ4n) is 2.66. The minimum atomic E-state index is 0.217. The van der Waals surface area contributed by atoms with E-state index in [1.165, 1.54) is 19.5 Å². The first-order valence-electron chi connectivity index (χ1n) is 6.39. The van der Waals surface area contributed by atoms with E-state index < -0.39 is 0 Å². The van der Waals surface area contributed by atoms with Gasteiger partial charge in [0.15, 0.2) is 0 Å². The zero-order chi connectivity index (χ0) is 13.1. The molecule has 1 heterocycles. The summed E-state index contributed by atoms with van der Waals surface area (Å²) in [5.41, 5.74) is 0.899. The largest absolute Gasteiger partial charge is 0.506 e. The second-order valence-electron chi connectivity index (χ2n) is 5.36. The summed E-state index contributed by atoms with van der Waals surface area (Å²) in [5.74, 6) is 0.955. The molecule has 0 radical (unpaired) electrons.